The molecule has 2 fully saturated rings. The van der Waals surface area contributed by atoms with Crippen molar-refractivity contribution in [3.63, 3.8) is 0 Å². The fraction of sp³-hybridized carbons (Fsp3) is 0.788. The lowest BCUT2D eigenvalue weighted by Crippen LogP contribution is -2.59. The smallest absolute Gasteiger partial charge is 0.150 e. The third-order valence-corrected chi connectivity index (χ3v) is 7.83. The normalized spacial score (nSPS) is 25.0. The lowest BCUT2D eigenvalue weighted by atomic mass is 9.88. The minimum atomic E-state index is -0.443. The standard InChI is InChI=1S/C33H55NO7/c1-5-9-17-37-25-29-31(38-18-10-6-2)33(40-20-12-8-4)32(39-19-11-7-3)30(41-29)27-23-26(24-35)13-14-28(27)34-15-21-36-22-16-34/h13-14,23-24,29-33H,5-12,15-22,25H2,1-4H3/t29?,30?,31-,32+,33?/m1/s1. The molecule has 0 radical (unpaired) electrons. The van der Waals surface area contributed by atoms with E-state index in [2.05, 4.69) is 32.6 Å². The summed E-state index contributed by atoms with van der Waals surface area (Å²) in [4.78, 5) is 14.3. The topological polar surface area (TPSA) is 75.7 Å². The first-order valence-corrected chi connectivity index (χ1v) is 16.2. The Hall–Kier alpha value is -1.55. The van der Waals surface area contributed by atoms with Crippen LogP contribution >= 0.6 is 0 Å². The van der Waals surface area contributed by atoms with E-state index in [9.17, 15) is 4.79 Å². The largest absolute Gasteiger partial charge is 0.379 e. The average Bonchev–Trinajstić information content (AvgIpc) is 3.01. The Morgan fingerprint density at radius 3 is 2.00 bits per heavy atom. The molecule has 0 aliphatic carbocycles. The lowest BCUT2D eigenvalue weighted by Gasteiger charge is -2.47. The van der Waals surface area contributed by atoms with Crippen molar-refractivity contribution in [2.45, 2.75) is 110 Å². The number of hydrogen-bond acceptors (Lipinski definition) is 8. The number of anilines is 1. The number of hydrogen-bond donors (Lipinski definition) is 0. The highest BCUT2D eigenvalue weighted by Gasteiger charge is 2.49. The van der Waals surface area contributed by atoms with Gasteiger partial charge in [0.05, 0.1) is 19.8 Å². The number of nitrogens with zero attached hydrogens (tertiary/aromatic N) is 1. The van der Waals surface area contributed by atoms with E-state index in [4.69, 9.17) is 28.4 Å². The third-order valence-electron chi connectivity index (χ3n) is 7.83. The Morgan fingerprint density at radius 1 is 0.805 bits per heavy atom. The zero-order chi connectivity index (χ0) is 29.3. The molecule has 1 aromatic rings. The van der Waals surface area contributed by atoms with E-state index in [0.717, 1.165) is 82.0 Å². The summed E-state index contributed by atoms with van der Waals surface area (Å²) >= 11 is 0. The van der Waals surface area contributed by atoms with Gasteiger partial charge in [0.25, 0.3) is 0 Å². The summed E-state index contributed by atoms with van der Waals surface area (Å²) < 4.78 is 38.7. The van der Waals surface area contributed by atoms with E-state index in [1.807, 2.05) is 18.2 Å². The summed E-state index contributed by atoms with van der Waals surface area (Å²) in [5.74, 6) is 0. The number of unbranched alkanes of at least 4 members (excludes halogenated alkanes) is 4. The highest BCUT2D eigenvalue weighted by molar-refractivity contribution is 5.77. The second kappa shape index (κ2) is 19.6. The molecule has 0 bridgehead atoms. The van der Waals surface area contributed by atoms with Gasteiger partial charge < -0.3 is 33.3 Å². The molecular weight excluding hydrogens is 522 g/mol. The van der Waals surface area contributed by atoms with Gasteiger partial charge in [-0.25, -0.2) is 0 Å². The lowest BCUT2D eigenvalue weighted by molar-refractivity contribution is -0.268. The van der Waals surface area contributed by atoms with E-state index in [-0.39, 0.29) is 18.3 Å². The Morgan fingerprint density at radius 2 is 1.39 bits per heavy atom. The van der Waals surface area contributed by atoms with Gasteiger partial charge in [-0.05, 0) is 43.9 Å². The van der Waals surface area contributed by atoms with Crippen LogP contribution in [0.3, 0.4) is 0 Å². The van der Waals surface area contributed by atoms with Gasteiger partial charge in [-0.15, -0.1) is 0 Å². The molecule has 1 aromatic carbocycles. The van der Waals surface area contributed by atoms with E-state index in [1.165, 1.54) is 0 Å². The molecule has 2 heterocycles. The monoisotopic (exact) mass is 577 g/mol. The molecule has 8 nitrogen and oxygen atoms in total. The first kappa shape index (κ1) is 33.9. The maximum Gasteiger partial charge on any atom is 0.150 e. The number of aldehydes is 1. The predicted molar refractivity (Wildman–Crippen MR) is 162 cm³/mol. The fourth-order valence-corrected chi connectivity index (χ4v) is 5.38. The number of morpholine rings is 1. The number of carbonyl (C=O) groups is 1. The SMILES string of the molecule is CCCCOCC1OC(c2cc(C=O)ccc2N2CCOCC2)[C@H](OCCCC)C(OCCCC)[C@@H]1OCCCC. The Balaban J connectivity index is 2.05. The summed E-state index contributed by atoms with van der Waals surface area (Å²) in [5, 5.41) is 0. The van der Waals surface area contributed by atoms with Crippen molar-refractivity contribution in [1.82, 2.24) is 0 Å². The van der Waals surface area contributed by atoms with Crippen molar-refractivity contribution in [3.8, 4) is 0 Å². The molecule has 8 heteroatoms. The van der Waals surface area contributed by atoms with Crippen LogP contribution in [0.4, 0.5) is 5.69 Å². The van der Waals surface area contributed by atoms with Crippen LogP contribution in [0.5, 0.6) is 0 Å². The molecule has 3 unspecified atom stereocenters. The fourth-order valence-electron chi connectivity index (χ4n) is 5.38. The molecule has 234 valence electrons. The number of carbonyl (C=O) groups excluding carboxylic acids is 1. The number of rotatable bonds is 20. The van der Waals surface area contributed by atoms with Gasteiger partial charge in [0.15, 0.2) is 0 Å². The van der Waals surface area contributed by atoms with Gasteiger partial charge in [-0.2, -0.15) is 0 Å². The summed E-state index contributed by atoms with van der Waals surface area (Å²) in [6, 6.07) is 5.89. The first-order valence-electron chi connectivity index (χ1n) is 16.2. The molecular formula is C33H55NO7. The van der Waals surface area contributed by atoms with Crippen LogP contribution in [0.15, 0.2) is 18.2 Å². The summed E-state index contributed by atoms with van der Waals surface area (Å²) in [5.41, 5.74) is 2.62. The molecule has 0 N–H and O–H groups in total. The molecule has 2 aliphatic heterocycles. The van der Waals surface area contributed by atoms with Crippen LogP contribution in [0, 0.1) is 0 Å². The summed E-state index contributed by atoms with van der Waals surface area (Å²) in [7, 11) is 0. The molecule has 3 rings (SSSR count). The van der Waals surface area contributed by atoms with Crippen molar-refractivity contribution >= 4 is 12.0 Å². The Bertz CT molecular complexity index is 847. The van der Waals surface area contributed by atoms with E-state index in [0.29, 0.717) is 51.8 Å². The summed E-state index contributed by atoms with van der Waals surface area (Å²) in [6.45, 7) is 14.5. The average molecular weight is 578 g/mol. The van der Waals surface area contributed by atoms with Crippen LogP contribution in [0.2, 0.25) is 0 Å². The van der Waals surface area contributed by atoms with Crippen LogP contribution < -0.4 is 4.90 Å². The highest BCUT2D eigenvalue weighted by atomic mass is 16.6. The molecule has 2 saturated heterocycles. The van der Waals surface area contributed by atoms with Gasteiger partial charge in [0.2, 0.25) is 0 Å². The molecule has 2 aliphatic rings. The Kier molecular flexibility index (Phi) is 16.2. The first-order chi connectivity index (χ1) is 20.2. The van der Waals surface area contributed by atoms with Crippen molar-refractivity contribution in [3.05, 3.63) is 29.3 Å². The van der Waals surface area contributed by atoms with Crippen molar-refractivity contribution in [1.29, 1.82) is 0 Å². The van der Waals surface area contributed by atoms with Gasteiger partial charge in [0, 0.05) is 56.3 Å². The van der Waals surface area contributed by atoms with Crippen LogP contribution in [0.1, 0.15) is 101 Å². The quantitative estimate of drug-likeness (QED) is 0.135. The molecule has 0 aromatic heterocycles. The molecule has 5 atom stereocenters. The zero-order valence-electron chi connectivity index (χ0n) is 26.0. The maximum absolute atomic E-state index is 12.0. The van der Waals surface area contributed by atoms with E-state index >= 15 is 0 Å². The second-order valence-corrected chi connectivity index (χ2v) is 11.1. The molecule has 0 amide bonds. The summed E-state index contributed by atoms with van der Waals surface area (Å²) in [6.07, 6.45) is 7.16. The van der Waals surface area contributed by atoms with E-state index in [1.54, 1.807) is 0 Å². The minimum Gasteiger partial charge on any atom is -0.379 e. The van der Waals surface area contributed by atoms with Crippen LogP contribution in [-0.2, 0) is 28.4 Å². The highest BCUT2D eigenvalue weighted by Crippen LogP contribution is 2.41. The minimum absolute atomic E-state index is 0.316. The van der Waals surface area contributed by atoms with Crippen LogP contribution in [0.25, 0.3) is 0 Å². The van der Waals surface area contributed by atoms with Crippen molar-refractivity contribution in [2.24, 2.45) is 0 Å². The number of ether oxygens (including phenoxy) is 6. The van der Waals surface area contributed by atoms with Gasteiger partial charge >= 0.3 is 0 Å². The van der Waals surface area contributed by atoms with Crippen LogP contribution in [-0.4, -0.2) is 90.0 Å². The van der Waals surface area contributed by atoms with Gasteiger partial charge in [-0.1, -0.05) is 53.4 Å². The Labute approximate surface area is 248 Å². The zero-order valence-corrected chi connectivity index (χ0v) is 26.0. The third kappa shape index (κ3) is 10.3. The molecule has 0 spiro atoms. The molecule has 0 saturated carbocycles. The van der Waals surface area contributed by atoms with Gasteiger partial charge in [-0.3, -0.25) is 4.79 Å². The van der Waals surface area contributed by atoms with Crippen molar-refractivity contribution in [2.75, 3.05) is 64.2 Å². The second-order valence-electron chi connectivity index (χ2n) is 11.1. The maximum atomic E-state index is 12.0. The van der Waals surface area contributed by atoms with Crippen molar-refractivity contribution < 1.29 is 33.2 Å². The van der Waals surface area contributed by atoms with Gasteiger partial charge in [0.1, 0.15) is 36.8 Å². The number of benzene rings is 1. The molecule has 41 heavy (non-hydrogen) atoms. The van der Waals surface area contributed by atoms with E-state index < -0.39 is 12.2 Å². The predicted octanol–water partition coefficient (Wildman–Crippen LogP) is 6.15.